The summed E-state index contributed by atoms with van der Waals surface area (Å²) >= 11 is 0. The Bertz CT molecular complexity index is 3280. The maximum atomic E-state index is 6.79. The number of nitrogens with zero attached hydrogens (tertiary/aromatic N) is 3. The highest BCUT2D eigenvalue weighted by Gasteiger charge is 2.28. The molecule has 2 aromatic heterocycles. The van der Waals surface area contributed by atoms with E-state index in [1.54, 1.807) is 0 Å². The fourth-order valence-corrected chi connectivity index (χ4v) is 9.50. The lowest BCUT2D eigenvalue weighted by Crippen LogP contribution is -2.17. The number of aromatic nitrogens is 2. The molecule has 0 spiro atoms. The van der Waals surface area contributed by atoms with Crippen molar-refractivity contribution in [3.8, 4) is 45.1 Å². The summed E-state index contributed by atoms with van der Waals surface area (Å²) < 4.78 is 11.5. The van der Waals surface area contributed by atoms with Gasteiger partial charge < -0.3 is 18.8 Å². The Balaban J connectivity index is 1.01. The average Bonchev–Trinajstić information content (AvgIpc) is 3.81. The lowest BCUT2D eigenvalue weighted by atomic mass is 9.98. The van der Waals surface area contributed by atoms with Gasteiger partial charge in [-0.3, -0.25) is 0 Å². The van der Waals surface area contributed by atoms with Crippen LogP contribution in [-0.2, 0) is 0 Å². The van der Waals surface area contributed by atoms with Crippen molar-refractivity contribution in [3.05, 3.63) is 211 Å². The molecule has 4 nitrogen and oxygen atoms in total. The first kappa shape index (κ1) is 34.2. The number of hydrogen-bond acceptors (Lipinski definition) is 2. The summed E-state index contributed by atoms with van der Waals surface area (Å²) in [7, 11) is 0. The van der Waals surface area contributed by atoms with Gasteiger partial charge in [-0.1, -0.05) is 115 Å². The second kappa shape index (κ2) is 13.4. The van der Waals surface area contributed by atoms with Gasteiger partial charge in [-0.2, -0.15) is 0 Å². The van der Waals surface area contributed by atoms with Crippen molar-refractivity contribution in [2.45, 2.75) is 13.8 Å². The number of benzene rings is 9. The smallest absolute Gasteiger partial charge is 0.151 e. The second-order valence-corrected chi connectivity index (χ2v) is 15.9. The fourth-order valence-electron chi connectivity index (χ4n) is 9.50. The van der Waals surface area contributed by atoms with Crippen LogP contribution >= 0.6 is 0 Å². The third-order valence-electron chi connectivity index (χ3n) is 12.3. The third kappa shape index (κ3) is 5.31. The molecule has 0 saturated carbocycles. The molecule has 11 aromatic rings. The summed E-state index contributed by atoms with van der Waals surface area (Å²) in [5.74, 6) is 1.66. The van der Waals surface area contributed by atoms with E-state index in [9.17, 15) is 0 Å². The van der Waals surface area contributed by atoms with Gasteiger partial charge in [-0.25, -0.2) is 0 Å². The van der Waals surface area contributed by atoms with E-state index >= 15 is 0 Å². The molecule has 9 aromatic carbocycles. The van der Waals surface area contributed by atoms with Crippen LogP contribution in [0.5, 0.6) is 11.5 Å². The molecule has 4 heteroatoms. The number of rotatable bonds is 5. The van der Waals surface area contributed by atoms with Crippen LogP contribution in [0, 0.1) is 13.8 Å². The number of hydrogen-bond donors (Lipinski definition) is 0. The summed E-state index contributed by atoms with van der Waals surface area (Å²) in [6.45, 7) is 4.36. The molecule has 12 rings (SSSR count). The standard InChI is InChI=1S/C56H39N3O/c1-36-21-26-48(37(2)31-36)59-53-34-40(38-22-27-51-46(32-38)44-17-9-11-19-49(44)57(51)42-13-5-3-6-14-42)24-29-55(53)60-56-30-25-41(35-54(56)59)39-23-28-52-47(33-39)45-18-10-12-20-50(45)58(52)43-15-7-4-8-16-43/h3-35H,1-2H3. The summed E-state index contributed by atoms with van der Waals surface area (Å²) in [6, 6.07) is 72.4. The quantitative estimate of drug-likeness (QED) is 0.174. The van der Waals surface area contributed by atoms with Gasteiger partial charge in [-0.15, -0.1) is 0 Å². The molecule has 1 aliphatic rings. The molecular weight excluding hydrogens is 731 g/mol. The van der Waals surface area contributed by atoms with Gasteiger partial charge in [0.25, 0.3) is 0 Å². The second-order valence-electron chi connectivity index (χ2n) is 15.9. The first-order chi connectivity index (χ1) is 29.6. The van der Waals surface area contributed by atoms with Gasteiger partial charge in [0, 0.05) is 38.6 Å². The highest BCUT2D eigenvalue weighted by atomic mass is 16.5. The van der Waals surface area contributed by atoms with Crippen LogP contribution in [0.1, 0.15) is 11.1 Å². The van der Waals surface area contributed by atoms with Crippen molar-refractivity contribution >= 4 is 60.7 Å². The van der Waals surface area contributed by atoms with Crippen molar-refractivity contribution in [1.82, 2.24) is 9.13 Å². The monoisotopic (exact) mass is 769 g/mol. The van der Waals surface area contributed by atoms with Crippen LogP contribution in [0.25, 0.3) is 77.2 Å². The molecule has 0 bridgehead atoms. The lowest BCUT2D eigenvalue weighted by Gasteiger charge is -2.34. The van der Waals surface area contributed by atoms with Crippen LogP contribution in [0.3, 0.4) is 0 Å². The fraction of sp³-hybridized carbons (Fsp3) is 0.0357. The Morgan fingerprint density at radius 3 is 1.27 bits per heavy atom. The van der Waals surface area contributed by atoms with Gasteiger partial charge >= 0.3 is 0 Å². The third-order valence-corrected chi connectivity index (χ3v) is 12.3. The van der Waals surface area contributed by atoms with E-state index in [2.05, 4.69) is 228 Å². The topological polar surface area (TPSA) is 22.3 Å². The highest BCUT2D eigenvalue weighted by molar-refractivity contribution is 6.12. The molecule has 1 aliphatic heterocycles. The van der Waals surface area contributed by atoms with Crippen molar-refractivity contribution in [2.24, 2.45) is 0 Å². The molecule has 60 heavy (non-hydrogen) atoms. The Labute approximate surface area is 348 Å². The normalized spacial score (nSPS) is 12.3. The van der Waals surface area contributed by atoms with E-state index in [-0.39, 0.29) is 0 Å². The van der Waals surface area contributed by atoms with E-state index in [1.807, 2.05) is 0 Å². The summed E-state index contributed by atoms with van der Waals surface area (Å²) in [5.41, 5.74) is 17.2. The zero-order valence-corrected chi connectivity index (χ0v) is 33.3. The zero-order chi connectivity index (χ0) is 39.9. The van der Waals surface area contributed by atoms with Crippen molar-refractivity contribution < 1.29 is 4.74 Å². The predicted octanol–water partition coefficient (Wildman–Crippen LogP) is 15.4. The zero-order valence-electron chi connectivity index (χ0n) is 33.3. The van der Waals surface area contributed by atoms with Crippen molar-refractivity contribution in [2.75, 3.05) is 4.90 Å². The van der Waals surface area contributed by atoms with E-state index in [4.69, 9.17) is 4.74 Å². The summed E-state index contributed by atoms with van der Waals surface area (Å²) in [6.07, 6.45) is 0. The van der Waals surface area contributed by atoms with Crippen molar-refractivity contribution in [1.29, 1.82) is 0 Å². The molecule has 0 N–H and O–H groups in total. The van der Waals surface area contributed by atoms with Crippen LogP contribution in [0.4, 0.5) is 17.1 Å². The number of fused-ring (bicyclic) bond motifs is 8. The van der Waals surface area contributed by atoms with E-state index in [0.29, 0.717) is 0 Å². The van der Waals surface area contributed by atoms with Crippen LogP contribution in [0.2, 0.25) is 0 Å². The molecule has 0 saturated heterocycles. The van der Waals surface area contributed by atoms with Crippen LogP contribution in [0.15, 0.2) is 200 Å². The van der Waals surface area contributed by atoms with E-state index in [1.165, 1.54) is 54.7 Å². The number of aryl methyl sites for hydroxylation is 2. The molecule has 0 fully saturated rings. The van der Waals surface area contributed by atoms with Gasteiger partial charge in [0.1, 0.15) is 0 Å². The lowest BCUT2D eigenvalue weighted by molar-refractivity contribution is 0.477. The molecular formula is C56H39N3O. The SMILES string of the molecule is Cc1ccc(N2c3cc(-c4ccc5c(c4)c4ccccc4n5-c4ccccc4)ccc3Oc3ccc(-c4ccc5c(c4)c4ccccc4n5-c4ccccc4)cc32)c(C)c1. The minimum absolute atomic E-state index is 0.830. The minimum Gasteiger partial charge on any atom is -0.453 e. The van der Waals surface area contributed by atoms with E-state index < -0.39 is 0 Å². The van der Waals surface area contributed by atoms with Gasteiger partial charge in [0.15, 0.2) is 11.5 Å². The summed E-state index contributed by atoms with van der Waals surface area (Å²) in [4.78, 5) is 2.40. The predicted molar refractivity (Wildman–Crippen MR) is 250 cm³/mol. The molecule has 0 amide bonds. The Kier molecular flexibility index (Phi) is 7.63. The minimum atomic E-state index is 0.830. The maximum absolute atomic E-state index is 6.79. The van der Waals surface area contributed by atoms with Gasteiger partial charge in [0.05, 0.1) is 33.4 Å². The van der Waals surface area contributed by atoms with E-state index in [0.717, 1.165) is 62.2 Å². The van der Waals surface area contributed by atoms with Crippen LogP contribution in [-0.4, -0.2) is 9.13 Å². The van der Waals surface area contributed by atoms with Crippen molar-refractivity contribution in [3.63, 3.8) is 0 Å². The molecule has 3 heterocycles. The number of ether oxygens (including phenoxy) is 1. The maximum Gasteiger partial charge on any atom is 0.151 e. The van der Waals surface area contributed by atoms with Gasteiger partial charge in [-0.05, 0) is 133 Å². The first-order valence-corrected chi connectivity index (χ1v) is 20.6. The van der Waals surface area contributed by atoms with Gasteiger partial charge in [0.2, 0.25) is 0 Å². The first-order valence-electron chi connectivity index (χ1n) is 20.6. The molecule has 0 atom stereocenters. The average molecular weight is 770 g/mol. The molecule has 0 unspecified atom stereocenters. The highest BCUT2D eigenvalue weighted by Crippen LogP contribution is 2.53. The molecule has 0 radical (unpaired) electrons. The van der Waals surface area contributed by atoms with Crippen LogP contribution < -0.4 is 9.64 Å². The Morgan fingerprint density at radius 1 is 0.333 bits per heavy atom. The number of anilines is 3. The Hall–Kier alpha value is -7.82. The molecule has 0 aliphatic carbocycles. The largest absolute Gasteiger partial charge is 0.453 e. The molecule has 284 valence electrons. The summed E-state index contributed by atoms with van der Waals surface area (Å²) in [5, 5.41) is 4.93. The number of para-hydroxylation sites is 4. The Morgan fingerprint density at radius 2 is 0.767 bits per heavy atom.